The van der Waals surface area contributed by atoms with Crippen molar-refractivity contribution in [1.29, 1.82) is 0 Å². The van der Waals surface area contributed by atoms with Crippen molar-refractivity contribution in [2.45, 2.75) is 19.6 Å². The molecule has 1 aromatic heterocycles. The van der Waals surface area contributed by atoms with Gasteiger partial charge in [0.25, 0.3) is 0 Å². The lowest BCUT2D eigenvalue weighted by molar-refractivity contribution is 0.0670. The lowest BCUT2D eigenvalue weighted by Gasteiger charge is -2.35. The number of aliphatic hydroxyl groups is 1. The highest BCUT2D eigenvalue weighted by atomic mass is 35.5. The molecule has 2 aromatic rings. The number of aliphatic hydroxyl groups excluding tert-OH is 1. The standard InChI is InChI=1S/C17H22ClN3O2/c1-13-10-14(23-19-13)11-20-6-8-21(9-7-20)12-17(22)15-4-2-3-5-16(15)18/h2-5,10,17,22H,6-9,11-12H2,1H3/t17-/m1/s1. The molecule has 1 aliphatic heterocycles. The lowest BCUT2D eigenvalue weighted by atomic mass is 10.1. The molecular weight excluding hydrogens is 314 g/mol. The maximum absolute atomic E-state index is 10.4. The summed E-state index contributed by atoms with van der Waals surface area (Å²) < 4.78 is 5.27. The van der Waals surface area contributed by atoms with Crippen LogP contribution in [0.3, 0.4) is 0 Å². The van der Waals surface area contributed by atoms with Crippen LogP contribution in [0.25, 0.3) is 0 Å². The third kappa shape index (κ3) is 4.32. The largest absolute Gasteiger partial charge is 0.387 e. The second kappa shape index (κ2) is 7.45. The number of rotatable bonds is 5. The van der Waals surface area contributed by atoms with Gasteiger partial charge in [-0.2, -0.15) is 0 Å². The van der Waals surface area contributed by atoms with Crippen molar-refractivity contribution < 1.29 is 9.63 Å². The molecule has 0 radical (unpaired) electrons. The van der Waals surface area contributed by atoms with Gasteiger partial charge in [-0.25, -0.2) is 0 Å². The Morgan fingerprint density at radius 3 is 2.57 bits per heavy atom. The van der Waals surface area contributed by atoms with Gasteiger partial charge >= 0.3 is 0 Å². The van der Waals surface area contributed by atoms with E-state index in [1.54, 1.807) is 0 Å². The molecule has 124 valence electrons. The number of nitrogens with zero attached hydrogens (tertiary/aromatic N) is 3. The fourth-order valence-corrected chi connectivity index (χ4v) is 3.19. The number of aryl methyl sites for hydroxylation is 1. The molecule has 0 spiro atoms. The molecule has 1 N–H and O–H groups in total. The smallest absolute Gasteiger partial charge is 0.150 e. The van der Waals surface area contributed by atoms with E-state index in [-0.39, 0.29) is 0 Å². The summed E-state index contributed by atoms with van der Waals surface area (Å²) in [7, 11) is 0. The van der Waals surface area contributed by atoms with Crippen molar-refractivity contribution >= 4 is 11.6 Å². The van der Waals surface area contributed by atoms with Crippen LogP contribution in [0.5, 0.6) is 0 Å². The summed E-state index contributed by atoms with van der Waals surface area (Å²) in [6.45, 7) is 7.09. The Morgan fingerprint density at radius 1 is 1.22 bits per heavy atom. The molecule has 0 saturated carbocycles. The van der Waals surface area contributed by atoms with Crippen LogP contribution in [0.2, 0.25) is 5.02 Å². The van der Waals surface area contributed by atoms with Gasteiger partial charge in [0.05, 0.1) is 18.3 Å². The number of aromatic nitrogens is 1. The molecule has 0 unspecified atom stereocenters. The van der Waals surface area contributed by atoms with Crippen LogP contribution >= 0.6 is 11.6 Å². The first-order valence-corrected chi connectivity index (χ1v) is 8.29. The number of hydrogen-bond donors (Lipinski definition) is 1. The highest BCUT2D eigenvalue weighted by molar-refractivity contribution is 6.31. The van der Waals surface area contributed by atoms with Gasteiger partial charge in [-0.3, -0.25) is 9.80 Å². The van der Waals surface area contributed by atoms with Crippen LogP contribution in [-0.2, 0) is 6.54 Å². The van der Waals surface area contributed by atoms with Crippen molar-refractivity contribution in [1.82, 2.24) is 15.0 Å². The van der Waals surface area contributed by atoms with E-state index in [2.05, 4.69) is 15.0 Å². The first-order valence-electron chi connectivity index (χ1n) is 7.91. The van der Waals surface area contributed by atoms with E-state index >= 15 is 0 Å². The van der Waals surface area contributed by atoms with Crippen molar-refractivity contribution in [2.24, 2.45) is 0 Å². The third-order valence-corrected chi connectivity index (χ3v) is 4.56. The molecule has 1 fully saturated rings. The molecule has 1 aromatic carbocycles. The van der Waals surface area contributed by atoms with Crippen LogP contribution < -0.4 is 0 Å². The predicted molar refractivity (Wildman–Crippen MR) is 89.4 cm³/mol. The Kier molecular flexibility index (Phi) is 5.33. The van der Waals surface area contributed by atoms with Crippen molar-refractivity contribution in [3.63, 3.8) is 0 Å². The highest BCUT2D eigenvalue weighted by Crippen LogP contribution is 2.23. The Labute approximate surface area is 141 Å². The zero-order chi connectivity index (χ0) is 16.2. The molecule has 1 saturated heterocycles. The number of β-amino-alcohol motifs (C(OH)–C–C–N with tert-alkyl or cyclic N) is 1. The molecule has 6 heteroatoms. The number of halogens is 1. The maximum atomic E-state index is 10.4. The number of hydrogen-bond acceptors (Lipinski definition) is 5. The van der Waals surface area contributed by atoms with Crippen LogP contribution in [0.4, 0.5) is 0 Å². The highest BCUT2D eigenvalue weighted by Gasteiger charge is 2.21. The summed E-state index contributed by atoms with van der Waals surface area (Å²) in [5, 5.41) is 14.9. The van der Waals surface area contributed by atoms with Gasteiger partial charge < -0.3 is 9.63 Å². The minimum atomic E-state index is -0.549. The SMILES string of the molecule is Cc1cc(CN2CCN(C[C@@H](O)c3ccccc3Cl)CC2)on1. The molecule has 3 rings (SSSR count). The molecule has 0 amide bonds. The van der Waals surface area contributed by atoms with Crippen LogP contribution in [0, 0.1) is 6.92 Å². The number of benzene rings is 1. The summed E-state index contributed by atoms with van der Waals surface area (Å²) in [5.41, 5.74) is 1.72. The third-order valence-electron chi connectivity index (χ3n) is 4.22. The van der Waals surface area contributed by atoms with Gasteiger partial charge in [0, 0.05) is 49.4 Å². The predicted octanol–water partition coefficient (Wildman–Crippen LogP) is 2.49. The Hall–Kier alpha value is -1.40. The Morgan fingerprint density at radius 2 is 1.91 bits per heavy atom. The molecule has 0 bridgehead atoms. The quantitative estimate of drug-likeness (QED) is 0.909. The monoisotopic (exact) mass is 335 g/mol. The summed E-state index contributed by atoms with van der Waals surface area (Å²) in [4.78, 5) is 4.62. The first kappa shape index (κ1) is 16.5. The topological polar surface area (TPSA) is 52.7 Å². The van der Waals surface area contributed by atoms with E-state index in [4.69, 9.17) is 16.1 Å². The van der Waals surface area contributed by atoms with Gasteiger partial charge in [0.1, 0.15) is 0 Å². The summed E-state index contributed by atoms with van der Waals surface area (Å²) in [6.07, 6.45) is -0.549. The lowest BCUT2D eigenvalue weighted by Crippen LogP contribution is -2.47. The van der Waals surface area contributed by atoms with Crippen molar-refractivity contribution in [3.05, 3.63) is 52.4 Å². The fourth-order valence-electron chi connectivity index (χ4n) is 2.93. The Balaban J connectivity index is 1.48. The zero-order valence-electron chi connectivity index (χ0n) is 13.3. The van der Waals surface area contributed by atoms with Crippen LogP contribution in [-0.4, -0.2) is 52.8 Å². The van der Waals surface area contributed by atoms with E-state index in [0.717, 1.165) is 49.7 Å². The molecule has 1 aliphatic rings. The van der Waals surface area contributed by atoms with Crippen molar-refractivity contribution in [2.75, 3.05) is 32.7 Å². The minimum Gasteiger partial charge on any atom is -0.387 e. The second-order valence-electron chi connectivity index (χ2n) is 6.05. The summed E-state index contributed by atoms with van der Waals surface area (Å²) >= 11 is 6.15. The molecule has 23 heavy (non-hydrogen) atoms. The number of piperazine rings is 1. The van der Waals surface area contributed by atoms with Crippen molar-refractivity contribution in [3.8, 4) is 0 Å². The van der Waals surface area contributed by atoms with Crippen LogP contribution in [0.15, 0.2) is 34.9 Å². The van der Waals surface area contributed by atoms with E-state index in [1.807, 2.05) is 37.3 Å². The summed E-state index contributed by atoms with van der Waals surface area (Å²) in [6, 6.07) is 9.46. The first-order chi connectivity index (χ1) is 11.1. The van der Waals surface area contributed by atoms with Gasteiger partial charge in [0.2, 0.25) is 0 Å². The molecule has 2 heterocycles. The van der Waals surface area contributed by atoms with E-state index in [1.165, 1.54) is 0 Å². The zero-order valence-corrected chi connectivity index (χ0v) is 14.0. The van der Waals surface area contributed by atoms with Crippen LogP contribution in [0.1, 0.15) is 23.1 Å². The molecular formula is C17H22ClN3O2. The van der Waals surface area contributed by atoms with E-state index in [9.17, 15) is 5.11 Å². The summed E-state index contributed by atoms with van der Waals surface area (Å²) in [5.74, 6) is 0.909. The van der Waals surface area contributed by atoms with Gasteiger partial charge in [-0.05, 0) is 13.0 Å². The average molecular weight is 336 g/mol. The molecule has 5 nitrogen and oxygen atoms in total. The van der Waals surface area contributed by atoms with E-state index in [0.29, 0.717) is 11.6 Å². The second-order valence-corrected chi connectivity index (χ2v) is 6.46. The van der Waals surface area contributed by atoms with Gasteiger partial charge in [0.15, 0.2) is 5.76 Å². The maximum Gasteiger partial charge on any atom is 0.150 e. The van der Waals surface area contributed by atoms with E-state index < -0.39 is 6.10 Å². The van der Waals surface area contributed by atoms with Gasteiger partial charge in [-0.1, -0.05) is 35.0 Å². The average Bonchev–Trinajstić information content (AvgIpc) is 2.95. The molecule has 1 atom stereocenters. The normalized spacial score (nSPS) is 18.2. The Bertz CT molecular complexity index is 638. The van der Waals surface area contributed by atoms with Gasteiger partial charge in [-0.15, -0.1) is 0 Å². The minimum absolute atomic E-state index is 0.549. The fraction of sp³-hybridized carbons (Fsp3) is 0.471. The molecule has 0 aliphatic carbocycles.